The van der Waals surface area contributed by atoms with Crippen molar-refractivity contribution in [2.45, 2.75) is 103 Å². The third-order valence-corrected chi connectivity index (χ3v) is 9.86. The van der Waals surface area contributed by atoms with Crippen molar-refractivity contribution in [1.82, 2.24) is 15.3 Å². The minimum Gasteiger partial charge on any atom is -0.489 e. The number of sulfone groups is 1. The van der Waals surface area contributed by atoms with Gasteiger partial charge in [0.25, 0.3) is 0 Å². The number of carbonyl (C=O) groups excluding carboxylic acids is 1. The number of hydrogen-bond acceptors (Lipinski definition) is 9. The Morgan fingerprint density at radius 2 is 1.71 bits per heavy atom. The molecule has 246 valence electrons. The maximum absolute atomic E-state index is 13.0. The van der Waals surface area contributed by atoms with Gasteiger partial charge in [-0.15, -0.1) is 0 Å². The number of aryl methyl sites for hydroxylation is 2. The van der Waals surface area contributed by atoms with E-state index in [0.717, 1.165) is 61.3 Å². The van der Waals surface area contributed by atoms with Gasteiger partial charge >= 0.3 is 0 Å². The number of para-hydroxylation sites is 1. The van der Waals surface area contributed by atoms with Crippen LogP contribution in [0.25, 0.3) is 0 Å². The summed E-state index contributed by atoms with van der Waals surface area (Å²) < 4.78 is 32.3. The molecule has 0 aliphatic heterocycles. The Labute approximate surface area is 268 Å². The van der Waals surface area contributed by atoms with Crippen LogP contribution in [0, 0.1) is 13.8 Å². The van der Waals surface area contributed by atoms with Crippen molar-refractivity contribution in [2.24, 2.45) is 5.73 Å². The number of unbranched alkanes of at least 4 members (excludes halogenated alkanes) is 1. The molecule has 0 saturated carbocycles. The highest BCUT2D eigenvalue weighted by molar-refractivity contribution is 7.92. The Hall–Kier alpha value is -3.70. The Kier molecular flexibility index (Phi) is 13.2. The topological polar surface area (TPSA) is 148 Å². The van der Waals surface area contributed by atoms with Crippen molar-refractivity contribution < 1.29 is 17.9 Å². The lowest BCUT2D eigenvalue weighted by molar-refractivity contribution is -0.118. The first-order valence-corrected chi connectivity index (χ1v) is 17.4. The zero-order valence-corrected chi connectivity index (χ0v) is 28.6. The van der Waals surface area contributed by atoms with Crippen LogP contribution in [0.5, 0.6) is 5.75 Å². The number of nitrogens with one attached hydrogen (secondary N) is 3. The summed E-state index contributed by atoms with van der Waals surface area (Å²) in [6, 6.07) is 11.1. The second-order valence-corrected chi connectivity index (χ2v) is 14.5. The summed E-state index contributed by atoms with van der Waals surface area (Å²) in [5.74, 6) is 1.68. The monoisotopic (exact) mass is 638 g/mol. The first-order chi connectivity index (χ1) is 21.3. The Bertz CT molecular complexity index is 1540. The summed E-state index contributed by atoms with van der Waals surface area (Å²) in [5, 5.41) is 9.52. The average Bonchev–Trinajstić information content (AvgIpc) is 2.97. The van der Waals surface area contributed by atoms with Crippen LogP contribution in [0.4, 0.5) is 23.1 Å². The fourth-order valence-electron chi connectivity index (χ4n) is 5.07. The maximum Gasteiger partial charge on any atom is 0.229 e. The van der Waals surface area contributed by atoms with Crippen LogP contribution in [0.2, 0.25) is 0 Å². The van der Waals surface area contributed by atoms with E-state index < -0.39 is 15.1 Å². The van der Waals surface area contributed by atoms with Gasteiger partial charge in [0.2, 0.25) is 11.9 Å². The van der Waals surface area contributed by atoms with E-state index in [4.69, 9.17) is 15.5 Å². The number of aromatic nitrogens is 2. The molecule has 1 atom stereocenters. The second kappa shape index (κ2) is 16.6. The van der Waals surface area contributed by atoms with Crippen molar-refractivity contribution in [3.8, 4) is 5.75 Å². The number of nitrogens with two attached hydrogens (primary N) is 1. The van der Waals surface area contributed by atoms with Gasteiger partial charge in [-0.3, -0.25) is 4.79 Å². The molecule has 0 aliphatic carbocycles. The molecule has 0 saturated heterocycles. The normalized spacial score (nSPS) is 12.4. The molecule has 0 radical (unpaired) electrons. The standard InChI is InChI=1S/C34H50N6O4S/c1-8-26(16-18-36-17-12-11-15-32(35)41)27-20-30(44-22(2)3)29(19-24(27)6)39-34-37-21-25(7)33(40-34)38-28-13-9-10-14-31(28)45(42,43)23(4)5/h9-10,13-14,19-23,26,36H,8,11-12,15-18H2,1-7H3,(H2,35,41)(H2,37,38,39,40). The summed E-state index contributed by atoms with van der Waals surface area (Å²) in [4.78, 5) is 20.4. The molecule has 10 nitrogen and oxygen atoms in total. The van der Waals surface area contributed by atoms with E-state index >= 15 is 0 Å². The predicted molar refractivity (Wildman–Crippen MR) is 183 cm³/mol. The Balaban J connectivity index is 1.83. The van der Waals surface area contributed by atoms with Gasteiger partial charge in [-0.05, 0) is 122 Å². The molecule has 1 aromatic heterocycles. The largest absolute Gasteiger partial charge is 0.489 e. The molecular weight excluding hydrogens is 588 g/mol. The van der Waals surface area contributed by atoms with Gasteiger partial charge in [0.05, 0.1) is 27.6 Å². The highest BCUT2D eigenvalue weighted by atomic mass is 32.2. The molecule has 0 bridgehead atoms. The average molecular weight is 639 g/mol. The molecule has 0 aliphatic rings. The molecule has 1 amide bonds. The maximum atomic E-state index is 13.0. The van der Waals surface area contributed by atoms with Gasteiger partial charge in [-0.25, -0.2) is 13.4 Å². The highest BCUT2D eigenvalue weighted by Crippen LogP contribution is 2.37. The number of rotatable bonds is 18. The fraction of sp³-hybridized carbons (Fsp3) is 0.500. The lowest BCUT2D eigenvalue weighted by Crippen LogP contribution is -2.20. The molecule has 1 unspecified atom stereocenters. The molecule has 3 aromatic rings. The zero-order valence-electron chi connectivity index (χ0n) is 27.7. The van der Waals surface area contributed by atoms with Gasteiger partial charge in [0, 0.05) is 18.2 Å². The molecule has 0 spiro atoms. The predicted octanol–water partition coefficient (Wildman–Crippen LogP) is 6.68. The minimum atomic E-state index is -3.51. The Morgan fingerprint density at radius 1 is 0.978 bits per heavy atom. The molecule has 1 heterocycles. The summed E-state index contributed by atoms with van der Waals surface area (Å²) >= 11 is 0. The molecule has 11 heteroatoms. The van der Waals surface area contributed by atoms with Crippen molar-refractivity contribution >= 4 is 38.9 Å². The number of anilines is 4. The Morgan fingerprint density at radius 3 is 2.38 bits per heavy atom. The van der Waals surface area contributed by atoms with E-state index in [2.05, 4.69) is 46.9 Å². The van der Waals surface area contributed by atoms with Crippen LogP contribution >= 0.6 is 0 Å². The van der Waals surface area contributed by atoms with Crippen molar-refractivity contribution in [3.05, 3.63) is 59.3 Å². The number of amides is 1. The van der Waals surface area contributed by atoms with E-state index in [1.807, 2.05) is 20.8 Å². The smallest absolute Gasteiger partial charge is 0.229 e. The van der Waals surface area contributed by atoms with Crippen LogP contribution < -0.4 is 26.4 Å². The number of ether oxygens (including phenoxy) is 1. The summed E-state index contributed by atoms with van der Waals surface area (Å²) in [6.07, 6.45) is 5.78. The summed E-state index contributed by atoms with van der Waals surface area (Å²) in [5.41, 5.74) is 9.60. The molecule has 0 fully saturated rings. The van der Waals surface area contributed by atoms with E-state index in [-0.39, 0.29) is 16.9 Å². The zero-order chi connectivity index (χ0) is 33.1. The van der Waals surface area contributed by atoms with E-state index in [1.165, 1.54) is 5.56 Å². The third kappa shape index (κ3) is 10.2. The number of nitrogens with zero attached hydrogens (tertiary/aromatic N) is 2. The van der Waals surface area contributed by atoms with Gasteiger partial charge in [0.15, 0.2) is 9.84 Å². The third-order valence-electron chi connectivity index (χ3n) is 7.65. The van der Waals surface area contributed by atoms with Gasteiger partial charge in [-0.2, -0.15) is 4.98 Å². The van der Waals surface area contributed by atoms with Crippen LogP contribution in [0.1, 0.15) is 89.3 Å². The summed E-state index contributed by atoms with van der Waals surface area (Å²) in [6.45, 7) is 15.3. The summed E-state index contributed by atoms with van der Waals surface area (Å²) in [7, 11) is -3.51. The van der Waals surface area contributed by atoms with Crippen LogP contribution in [0.3, 0.4) is 0 Å². The molecular formula is C34H50N6O4S. The second-order valence-electron chi connectivity index (χ2n) is 12.0. The van der Waals surface area contributed by atoms with Crippen LogP contribution in [0.15, 0.2) is 47.5 Å². The van der Waals surface area contributed by atoms with Gasteiger partial charge in [-0.1, -0.05) is 19.1 Å². The van der Waals surface area contributed by atoms with Crippen molar-refractivity contribution in [3.63, 3.8) is 0 Å². The van der Waals surface area contributed by atoms with E-state index in [0.29, 0.717) is 29.8 Å². The lowest BCUT2D eigenvalue weighted by Gasteiger charge is -2.23. The van der Waals surface area contributed by atoms with E-state index in [1.54, 1.807) is 44.3 Å². The first kappa shape index (κ1) is 35.8. The number of hydrogen-bond donors (Lipinski definition) is 4. The van der Waals surface area contributed by atoms with Crippen molar-refractivity contribution in [1.29, 1.82) is 0 Å². The first-order valence-electron chi connectivity index (χ1n) is 15.8. The van der Waals surface area contributed by atoms with Crippen LogP contribution in [-0.4, -0.2) is 48.7 Å². The van der Waals surface area contributed by atoms with Crippen LogP contribution in [-0.2, 0) is 14.6 Å². The van der Waals surface area contributed by atoms with Crippen molar-refractivity contribution in [2.75, 3.05) is 23.7 Å². The van der Waals surface area contributed by atoms with E-state index in [9.17, 15) is 13.2 Å². The van der Waals surface area contributed by atoms with Gasteiger partial charge < -0.3 is 26.4 Å². The number of carbonyl (C=O) groups is 1. The minimum absolute atomic E-state index is 0.0428. The number of primary amides is 1. The molecule has 3 rings (SSSR count). The number of benzene rings is 2. The highest BCUT2D eigenvalue weighted by Gasteiger charge is 2.23. The molecule has 5 N–H and O–H groups in total. The molecule has 45 heavy (non-hydrogen) atoms. The quantitative estimate of drug-likeness (QED) is 0.112. The van der Waals surface area contributed by atoms with Gasteiger partial charge in [0.1, 0.15) is 11.6 Å². The molecule has 2 aromatic carbocycles. The fourth-order valence-corrected chi connectivity index (χ4v) is 6.27. The lowest BCUT2D eigenvalue weighted by atomic mass is 9.89. The SMILES string of the molecule is CCC(CCNCCCCC(N)=O)c1cc(OC(C)C)c(Nc2ncc(C)c(Nc3ccccc3S(=O)(=O)C(C)C)n2)cc1C.